The summed E-state index contributed by atoms with van der Waals surface area (Å²) >= 11 is 0. The molecule has 0 atom stereocenters. The van der Waals surface area contributed by atoms with Crippen molar-refractivity contribution in [2.75, 3.05) is 45.2 Å². The first-order chi connectivity index (χ1) is 13.1. The van der Waals surface area contributed by atoms with Gasteiger partial charge in [-0.05, 0) is 70.1 Å². The van der Waals surface area contributed by atoms with Crippen LogP contribution in [0.15, 0.2) is 36.4 Å². The molecule has 0 bridgehead atoms. The van der Waals surface area contributed by atoms with E-state index in [0.29, 0.717) is 5.92 Å². The molecule has 1 saturated heterocycles. The molecule has 3 rings (SSSR count). The van der Waals surface area contributed by atoms with Crippen LogP contribution < -0.4 is 10.2 Å². The van der Waals surface area contributed by atoms with Gasteiger partial charge in [-0.15, -0.1) is 0 Å². The van der Waals surface area contributed by atoms with E-state index in [9.17, 15) is 0 Å². The van der Waals surface area contributed by atoms with Crippen LogP contribution in [-0.4, -0.2) is 50.2 Å². The van der Waals surface area contributed by atoms with Crippen LogP contribution in [0, 0.1) is 13.8 Å². The minimum absolute atomic E-state index is 0.568. The molecule has 2 aromatic rings. The number of nitrogens with zero attached hydrogens (tertiary/aromatic N) is 3. The van der Waals surface area contributed by atoms with E-state index < -0.39 is 0 Å². The average Bonchev–Trinajstić information content (AvgIpc) is 2.68. The lowest BCUT2D eigenvalue weighted by molar-refractivity contribution is 0.324. The molecule has 1 N–H and O–H groups in total. The topological polar surface area (TPSA) is 31.4 Å². The number of aryl methyl sites for hydroxylation is 2. The van der Waals surface area contributed by atoms with Gasteiger partial charge in [-0.1, -0.05) is 18.2 Å². The molecule has 1 fully saturated rings. The van der Waals surface area contributed by atoms with Crippen LogP contribution in [0.2, 0.25) is 0 Å². The first-order valence-electron chi connectivity index (χ1n) is 10.2. The number of hydrogen-bond acceptors (Lipinski definition) is 4. The molecule has 0 radical (unpaired) electrons. The highest BCUT2D eigenvalue weighted by Crippen LogP contribution is 2.32. The molecule has 1 aromatic carbocycles. The van der Waals surface area contributed by atoms with Gasteiger partial charge in [-0.2, -0.15) is 0 Å². The van der Waals surface area contributed by atoms with Gasteiger partial charge >= 0.3 is 0 Å². The average molecular weight is 367 g/mol. The normalized spacial score (nSPS) is 15.5. The summed E-state index contributed by atoms with van der Waals surface area (Å²) in [4.78, 5) is 9.89. The molecular weight excluding hydrogens is 332 g/mol. The SMILES string of the molecule is CNCCN(C)Cc1ccc(C)nc1C1CCN(c2cccc(C)c2)CC1. The third-order valence-electron chi connectivity index (χ3n) is 5.58. The third kappa shape index (κ3) is 5.30. The maximum atomic E-state index is 4.98. The zero-order valence-corrected chi connectivity index (χ0v) is 17.3. The van der Waals surface area contributed by atoms with Gasteiger partial charge in [0.2, 0.25) is 0 Å². The Morgan fingerprint density at radius 3 is 2.63 bits per heavy atom. The monoisotopic (exact) mass is 366 g/mol. The van der Waals surface area contributed by atoms with Gasteiger partial charge in [0, 0.05) is 55.7 Å². The molecule has 4 heteroatoms. The van der Waals surface area contributed by atoms with Gasteiger partial charge in [-0.3, -0.25) is 4.98 Å². The van der Waals surface area contributed by atoms with E-state index in [1.807, 2.05) is 7.05 Å². The van der Waals surface area contributed by atoms with Crippen LogP contribution in [0.4, 0.5) is 5.69 Å². The molecule has 2 heterocycles. The number of piperidine rings is 1. The fraction of sp³-hybridized carbons (Fsp3) is 0.522. The number of aromatic nitrogens is 1. The minimum atomic E-state index is 0.568. The molecule has 0 aliphatic carbocycles. The summed E-state index contributed by atoms with van der Waals surface area (Å²) in [6.07, 6.45) is 2.36. The second kappa shape index (κ2) is 9.34. The van der Waals surface area contributed by atoms with Crippen molar-refractivity contribution in [2.45, 2.75) is 39.2 Å². The summed E-state index contributed by atoms with van der Waals surface area (Å²) < 4.78 is 0. The zero-order valence-electron chi connectivity index (χ0n) is 17.3. The smallest absolute Gasteiger partial charge is 0.0484 e. The summed E-state index contributed by atoms with van der Waals surface area (Å²) in [5.41, 5.74) is 6.55. The highest BCUT2D eigenvalue weighted by atomic mass is 15.1. The van der Waals surface area contributed by atoms with E-state index in [4.69, 9.17) is 4.98 Å². The third-order valence-corrected chi connectivity index (χ3v) is 5.58. The quantitative estimate of drug-likeness (QED) is 0.809. The Labute approximate surface area is 164 Å². The number of likely N-dealkylation sites (N-methyl/N-ethyl adjacent to an activating group) is 2. The van der Waals surface area contributed by atoms with Crippen molar-refractivity contribution in [3.63, 3.8) is 0 Å². The Kier molecular flexibility index (Phi) is 6.86. The van der Waals surface area contributed by atoms with Crippen molar-refractivity contribution in [3.8, 4) is 0 Å². The van der Waals surface area contributed by atoms with Crippen LogP contribution in [0.5, 0.6) is 0 Å². The number of nitrogens with one attached hydrogen (secondary N) is 1. The summed E-state index contributed by atoms with van der Waals surface area (Å²) in [7, 11) is 4.20. The van der Waals surface area contributed by atoms with Gasteiger partial charge in [0.25, 0.3) is 0 Å². The Morgan fingerprint density at radius 2 is 1.93 bits per heavy atom. The number of anilines is 1. The van der Waals surface area contributed by atoms with Gasteiger partial charge in [0.1, 0.15) is 0 Å². The molecule has 1 aromatic heterocycles. The van der Waals surface area contributed by atoms with E-state index in [0.717, 1.165) is 38.4 Å². The number of benzene rings is 1. The van der Waals surface area contributed by atoms with Crippen LogP contribution >= 0.6 is 0 Å². The Hall–Kier alpha value is -1.91. The van der Waals surface area contributed by atoms with E-state index in [2.05, 4.69) is 72.4 Å². The number of hydrogen-bond donors (Lipinski definition) is 1. The summed E-state index contributed by atoms with van der Waals surface area (Å²) in [5.74, 6) is 0.568. The molecule has 27 heavy (non-hydrogen) atoms. The highest BCUT2D eigenvalue weighted by molar-refractivity contribution is 5.49. The second-order valence-electron chi connectivity index (χ2n) is 7.94. The molecule has 0 saturated carbocycles. The van der Waals surface area contributed by atoms with Gasteiger partial charge in [0.15, 0.2) is 0 Å². The molecule has 1 aliphatic rings. The van der Waals surface area contributed by atoms with Gasteiger partial charge in [0.05, 0.1) is 0 Å². The molecule has 1 aliphatic heterocycles. The fourth-order valence-corrected chi connectivity index (χ4v) is 4.00. The van der Waals surface area contributed by atoms with Crippen molar-refractivity contribution >= 4 is 5.69 Å². The largest absolute Gasteiger partial charge is 0.371 e. The first kappa shape index (κ1) is 19.8. The predicted molar refractivity (Wildman–Crippen MR) is 115 cm³/mol. The fourth-order valence-electron chi connectivity index (χ4n) is 4.00. The summed E-state index contributed by atoms with van der Waals surface area (Å²) in [5, 5.41) is 3.23. The summed E-state index contributed by atoms with van der Waals surface area (Å²) in [6.45, 7) is 9.54. The van der Waals surface area contributed by atoms with Crippen molar-refractivity contribution < 1.29 is 0 Å². The van der Waals surface area contributed by atoms with E-state index in [1.165, 1.54) is 35.3 Å². The van der Waals surface area contributed by atoms with Crippen LogP contribution in [0.1, 0.15) is 41.3 Å². The molecule has 0 amide bonds. The van der Waals surface area contributed by atoms with Crippen LogP contribution in [-0.2, 0) is 6.54 Å². The molecule has 0 spiro atoms. The maximum absolute atomic E-state index is 4.98. The van der Waals surface area contributed by atoms with E-state index in [1.54, 1.807) is 0 Å². The Bertz CT molecular complexity index is 735. The van der Waals surface area contributed by atoms with E-state index in [-0.39, 0.29) is 0 Å². The van der Waals surface area contributed by atoms with Crippen molar-refractivity contribution in [1.82, 2.24) is 15.2 Å². The number of rotatable bonds is 7. The van der Waals surface area contributed by atoms with Crippen LogP contribution in [0.3, 0.4) is 0 Å². The highest BCUT2D eigenvalue weighted by Gasteiger charge is 2.24. The summed E-state index contributed by atoms with van der Waals surface area (Å²) in [6, 6.07) is 13.3. The molecule has 0 unspecified atom stereocenters. The van der Waals surface area contributed by atoms with E-state index >= 15 is 0 Å². The lowest BCUT2D eigenvalue weighted by Crippen LogP contribution is -2.34. The lowest BCUT2D eigenvalue weighted by atomic mass is 9.89. The van der Waals surface area contributed by atoms with Crippen LogP contribution in [0.25, 0.3) is 0 Å². The molecular formula is C23H34N4. The minimum Gasteiger partial charge on any atom is -0.371 e. The van der Waals surface area contributed by atoms with Gasteiger partial charge in [-0.25, -0.2) is 0 Å². The molecule has 4 nitrogen and oxygen atoms in total. The Morgan fingerprint density at radius 1 is 1.15 bits per heavy atom. The first-order valence-corrected chi connectivity index (χ1v) is 10.2. The predicted octanol–water partition coefficient (Wildman–Crippen LogP) is 3.73. The zero-order chi connectivity index (χ0) is 19.2. The standard InChI is InChI=1S/C23H34N4/c1-18-6-5-7-22(16-18)27-13-10-20(11-14-27)23-21(9-8-19(2)25-23)17-26(4)15-12-24-3/h5-9,16,20,24H,10-15,17H2,1-4H3. The number of pyridine rings is 1. The maximum Gasteiger partial charge on any atom is 0.0484 e. The van der Waals surface area contributed by atoms with Crippen molar-refractivity contribution in [1.29, 1.82) is 0 Å². The Balaban J connectivity index is 1.69. The van der Waals surface area contributed by atoms with Crippen molar-refractivity contribution in [3.05, 3.63) is 58.9 Å². The van der Waals surface area contributed by atoms with Crippen molar-refractivity contribution in [2.24, 2.45) is 0 Å². The lowest BCUT2D eigenvalue weighted by Gasteiger charge is -2.34. The second-order valence-corrected chi connectivity index (χ2v) is 7.94. The van der Waals surface area contributed by atoms with Gasteiger partial charge < -0.3 is 15.1 Å². The molecule has 146 valence electrons.